The largest absolute Gasteiger partial charge is 0.454 e. The summed E-state index contributed by atoms with van der Waals surface area (Å²) in [7, 11) is 0. The molecule has 1 aliphatic rings. The summed E-state index contributed by atoms with van der Waals surface area (Å²) in [5, 5.41) is 7.11. The third kappa shape index (κ3) is 3.61. The van der Waals surface area contributed by atoms with Crippen molar-refractivity contribution in [1.29, 1.82) is 0 Å². The minimum Gasteiger partial charge on any atom is -0.454 e. The average Bonchev–Trinajstić information content (AvgIpc) is 3.21. The molecule has 7 nitrogen and oxygen atoms in total. The van der Waals surface area contributed by atoms with E-state index in [4.69, 9.17) is 9.47 Å². The summed E-state index contributed by atoms with van der Waals surface area (Å²) in [6.07, 6.45) is 4.51. The number of aryl methyl sites for hydroxylation is 1. The summed E-state index contributed by atoms with van der Waals surface area (Å²) >= 11 is 0. The monoisotopic (exact) mass is 330 g/mol. The summed E-state index contributed by atoms with van der Waals surface area (Å²) in [5.74, 6) is 1.47. The lowest BCUT2D eigenvalue weighted by Gasteiger charge is -2.21. The van der Waals surface area contributed by atoms with Crippen LogP contribution >= 0.6 is 0 Å². The highest BCUT2D eigenvalue weighted by atomic mass is 16.7. The minimum atomic E-state index is -0.147. The number of nitrogens with one attached hydrogen (secondary N) is 1. The second-order valence-electron chi connectivity index (χ2n) is 5.62. The van der Waals surface area contributed by atoms with E-state index in [-0.39, 0.29) is 12.8 Å². The van der Waals surface area contributed by atoms with Crippen LogP contribution in [0.5, 0.6) is 11.5 Å². The number of benzene rings is 1. The molecule has 1 aromatic heterocycles. The highest BCUT2D eigenvalue weighted by molar-refractivity contribution is 5.89. The SMILES string of the molecule is CCCn1cc(NC(=O)N(CC)Cc2ccc3c(c2)OCO3)cn1. The maximum Gasteiger partial charge on any atom is 0.322 e. The number of amides is 2. The van der Waals surface area contributed by atoms with Crippen LogP contribution in [0.4, 0.5) is 10.5 Å². The Bertz CT molecular complexity index is 714. The van der Waals surface area contributed by atoms with Gasteiger partial charge in [-0.15, -0.1) is 0 Å². The molecule has 128 valence electrons. The number of aromatic nitrogens is 2. The number of hydrogen-bond acceptors (Lipinski definition) is 4. The van der Waals surface area contributed by atoms with E-state index >= 15 is 0 Å². The van der Waals surface area contributed by atoms with Gasteiger partial charge in [0.15, 0.2) is 11.5 Å². The lowest BCUT2D eigenvalue weighted by molar-refractivity contribution is 0.174. The fourth-order valence-electron chi connectivity index (χ4n) is 2.57. The molecule has 0 fully saturated rings. The van der Waals surface area contributed by atoms with Crippen molar-refractivity contribution in [2.45, 2.75) is 33.4 Å². The smallest absolute Gasteiger partial charge is 0.322 e. The van der Waals surface area contributed by atoms with E-state index in [0.717, 1.165) is 30.0 Å². The van der Waals surface area contributed by atoms with Gasteiger partial charge >= 0.3 is 6.03 Å². The molecule has 0 bridgehead atoms. The molecule has 2 heterocycles. The summed E-state index contributed by atoms with van der Waals surface area (Å²) < 4.78 is 12.5. The van der Waals surface area contributed by atoms with Gasteiger partial charge in [0.05, 0.1) is 11.9 Å². The normalized spacial score (nSPS) is 12.2. The van der Waals surface area contributed by atoms with E-state index in [1.54, 1.807) is 11.1 Å². The standard InChI is InChI=1S/C17H22N4O3/c1-3-7-21-11-14(9-18-21)19-17(22)20(4-2)10-13-5-6-15-16(8-13)24-12-23-15/h5-6,8-9,11H,3-4,7,10,12H2,1-2H3,(H,19,22). The van der Waals surface area contributed by atoms with Crippen molar-refractivity contribution >= 4 is 11.7 Å². The topological polar surface area (TPSA) is 68.6 Å². The molecular weight excluding hydrogens is 308 g/mol. The van der Waals surface area contributed by atoms with Gasteiger partial charge in [0.1, 0.15) is 0 Å². The second-order valence-corrected chi connectivity index (χ2v) is 5.62. The van der Waals surface area contributed by atoms with Crippen molar-refractivity contribution in [3.8, 4) is 11.5 Å². The molecule has 7 heteroatoms. The Kier molecular flexibility index (Phi) is 4.88. The second kappa shape index (κ2) is 7.25. The fraction of sp³-hybridized carbons (Fsp3) is 0.412. The number of nitrogens with zero attached hydrogens (tertiary/aromatic N) is 3. The Hall–Kier alpha value is -2.70. The van der Waals surface area contributed by atoms with Crippen molar-refractivity contribution in [3.63, 3.8) is 0 Å². The Morgan fingerprint density at radius 3 is 2.96 bits per heavy atom. The van der Waals surface area contributed by atoms with Gasteiger partial charge in [-0.05, 0) is 31.0 Å². The number of carbonyl (C=O) groups excluding carboxylic acids is 1. The molecular formula is C17H22N4O3. The molecule has 1 N–H and O–H groups in total. The lowest BCUT2D eigenvalue weighted by Crippen LogP contribution is -2.34. The van der Waals surface area contributed by atoms with Crippen molar-refractivity contribution in [3.05, 3.63) is 36.2 Å². The molecule has 2 aromatic rings. The first-order chi connectivity index (χ1) is 11.7. The number of urea groups is 1. The number of fused-ring (bicyclic) bond motifs is 1. The Morgan fingerprint density at radius 1 is 1.33 bits per heavy atom. The van der Waals surface area contributed by atoms with Gasteiger partial charge in [-0.1, -0.05) is 13.0 Å². The van der Waals surface area contributed by atoms with Crippen LogP contribution in [0, 0.1) is 0 Å². The molecule has 0 aliphatic carbocycles. The van der Waals surface area contributed by atoms with E-state index in [1.807, 2.05) is 36.0 Å². The maximum atomic E-state index is 12.5. The van der Waals surface area contributed by atoms with Gasteiger partial charge in [0, 0.05) is 25.8 Å². The van der Waals surface area contributed by atoms with Crippen LogP contribution in [0.15, 0.2) is 30.6 Å². The summed E-state index contributed by atoms with van der Waals surface area (Å²) in [6, 6.07) is 5.59. The molecule has 1 aromatic carbocycles. The van der Waals surface area contributed by atoms with Crippen molar-refractivity contribution < 1.29 is 14.3 Å². The third-order valence-corrected chi connectivity index (χ3v) is 3.82. The summed E-state index contributed by atoms with van der Waals surface area (Å²) in [5.41, 5.74) is 1.70. The lowest BCUT2D eigenvalue weighted by atomic mass is 10.2. The maximum absolute atomic E-state index is 12.5. The molecule has 3 rings (SSSR count). The molecule has 0 radical (unpaired) electrons. The number of ether oxygens (including phenoxy) is 2. The fourth-order valence-corrected chi connectivity index (χ4v) is 2.57. The van der Waals surface area contributed by atoms with Gasteiger partial charge in [0.2, 0.25) is 6.79 Å². The highest BCUT2D eigenvalue weighted by Gasteiger charge is 2.17. The van der Waals surface area contributed by atoms with E-state index in [0.29, 0.717) is 18.8 Å². The molecule has 1 aliphatic heterocycles. The number of carbonyl (C=O) groups is 1. The number of hydrogen-bond donors (Lipinski definition) is 1. The van der Waals surface area contributed by atoms with Gasteiger partial charge in [-0.3, -0.25) is 4.68 Å². The molecule has 0 saturated heterocycles. The average molecular weight is 330 g/mol. The molecule has 0 spiro atoms. The third-order valence-electron chi connectivity index (χ3n) is 3.82. The quantitative estimate of drug-likeness (QED) is 0.884. The van der Waals surface area contributed by atoms with Crippen molar-refractivity contribution in [2.24, 2.45) is 0 Å². The van der Waals surface area contributed by atoms with Gasteiger partial charge in [-0.2, -0.15) is 5.10 Å². The molecule has 0 saturated carbocycles. The van der Waals surface area contributed by atoms with Crippen LogP contribution in [0.25, 0.3) is 0 Å². The number of rotatable bonds is 6. The molecule has 0 atom stereocenters. The van der Waals surface area contributed by atoms with Crippen LogP contribution in [-0.4, -0.2) is 34.0 Å². The minimum absolute atomic E-state index is 0.147. The van der Waals surface area contributed by atoms with Crippen LogP contribution in [0.1, 0.15) is 25.8 Å². The highest BCUT2D eigenvalue weighted by Crippen LogP contribution is 2.32. The zero-order valence-corrected chi connectivity index (χ0v) is 14.0. The van der Waals surface area contributed by atoms with Crippen LogP contribution in [0.2, 0.25) is 0 Å². The predicted octanol–water partition coefficient (Wildman–Crippen LogP) is 3.08. The molecule has 0 unspecified atom stereocenters. The van der Waals surface area contributed by atoms with Gasteiger partial charge < -0.3 is 19.7 Å². The Balaban J connectivity index is 1.63. The van der Waals surface area contributed by atoms with E-state index < -0.39 is 0 Å². The van der Waals surface area contributed by atoms with Crippen LogP contribution in [0.3, 0.4) is 0 Å². The Morgan fingerprint density at radius 2 is 2.17 bits per heavy atom. The first-order valence-electron chi connectivity index (χ1n) is 8.16. The van der Waals surface area contributed by atoms with Crippen molar-refractivity contribution in [1.82, 2.24) is 14.7 Å². The summed E-state index contributed by atoms with van der Waals surface area (Å²) in [4.78, 5) is 14.2. The first kappa shape index (κ1) is 16.2. The van der Waals surface area contributed by atoms with E-state index in [2.05, 4.69) is 17.3 Å². The van der Waals surface area contributed by atoms with E-state index in [9.17, 15) is 4.79 Å². The van der Waals surface area contributed by atoms with Gasteiger partial charge in [-0.25, -0.2) is 4.79 Å². The Labute approximate surface area is 141 Å². The summed E-state index contributed by atoms with van der Waals surface area (Å²) in [6.45, 7) is 6.23. The van der Waals surface area contributed by atoms with Crippen molar-refractivity contribution in [2.75, 3.05) is 18.7 Å². The predicted molar refractivity (Wildman–Crippen MR) is 90.2 cm³/mol. The zero-order valence-electron chi connectivity index (χ0n) is 14.0. The van der Waals surface area contributed by atoms with Crippen LogP contribution in [-0.2, 0) is 13.1 Å². The van der Waals surface area contributed by atoms with Crippen LogP contribution < -0.4 is 14.8 Å². The van der Waals surface area contributed by atoms with E-state index in [1.165, 1.54) is 0 Å². The number of anilines is 1. The molecule has 24 heavy (non-hydrogen) atoms. The first-order valence-corrected chi connectivity index (χ1v) is 8.16. The molecule has 2 amide bonds. The zero-order chi connectivity index (χ0) is 16.9. The van der Waals surface area contributed by atoms with Gasteiger partial charge in [0.25, 0.3) is 0 Å².